The zero-order valence-corrected chi connectivity index (χ0v) is 6.16. The van der Waals surface area contributed by atoms with E-state index in [1.54, 1.807) is 0 Å². The predicted molar refractivity (Wildman–Crippen MR) is 40.5 cm³/mol. The second-order valence-electron chi connectivity index (χ2n) is 3.55. The van der Waals surface area contributed by atoms with Crippen LogP contribution in [-0.4, -0.2) is 11.7 Å². The Kier molecular flexibility index (Phi) is 1.53. The lowest BCUT2D eigenvalue weighted by molar-refractivity contribution is 0.244. The van der Waals surface area contributed by atoms with E-state index in [0.29, 0.717) is 6.61 Å². The van der Waals surface area contributed by atoms with Crippen molar-refractivity contribution < 1.29 is 5.11 Å². The molecular weight excluding hydrogens is 124 g/mol. The van der Waals surface area contributed by atoms with Gasteiger partial charge in [0, 0.05) is 6.61 Å². The van der Waals surface area contributed by atoms with Crippen molar-refractivity contribution in [2.45, 2.75) is 19.3 Å². The molecule has 0 aromatic rings. The Labute approximate surface area is 61.8 Å². The standard InChI is InChI=1S/C9H14O/c10-4-3-9-6-7-1-2-8(9)5-7/h1-2,7-10H,3-6H2/t7-,8+,9?/m0/s1. The van der Waals surface area contributed by atoms with E-state index in [9.17, 15) is 0 Å². The second kappa shape index (κ2) is 2.39. The molecule has 0 radical (unpaired) electrons. The van der Waals surface area contributed by atoms with Crippen molar-refractivity contribution in [3.05, 3.63) is 12.2 Å². The molecule has 0 amide bonds. The molecule has 0 aromatic heterocycles. The van der Waals surface area contributed by atoms with Gasteiger partial charge in [0.25, 0.3) is 0 Å². The Hall–Kier alpha value is -0.300. The topological polar surface area (TPSA) is 20.2 Å². The lowest BCUT2D eigenvalue weighted by Crippen LogP contribution is -2.08. The lowest BCUT2D eigenvalue weighted by atomic mass is 9.91. The Morgan fingerprint density at radius 3 is 2.70 bits per heavy atom. The number of rotatable bonds is 2. The number of fused-ring (bicyclic) bond motifs is 2. The number of allylic oxidation sites excluding steroid dienone is 2. The minimum atomic E-state index is 0.377. The van der Waals surface area contributed by atoms with E-state index in [1.807, 2.05) is 0 Å². The van der Waals surface area contributed by atoms with Gasteiger partial charge in [0.05, 0.1) is 0 Å². The highest BCUT2D eigenvalue weighted by Gasteiger charge is 2.34. The van der Waals surface area contributed by atoms with Crippen LogP contribution in [0.2, 0.25) is 0 Å². The number of aliphatic hydroxyl groups is 1. The van der Waals surface area contributed by atoms with Gasteiger partial charge in [-0.2, -0.15) is 0 Å². The third-order valence-corrected chi connectivity index (χ3v) is 2.92. The van der Waals surface area contributed by atoms with Crippen LogP contribution >= 0.6 is 0 Å². The van der Waals surface area contributed by atoms with Gasteiger partial charge in [-0.05, 0) is 37.0 Å². The molecule has 2 bridgehead atoms. The van der Waals surface area contributed by atoms with Crippen molar-refractivity contribution in [1.82, 2.24) is 0 Å². The van der Waals surface area contributed by atoms with Gasteiger partial charge < -0.3 is 5.11 Å². The SMILES string of the molecule is OCCC1C[C@H]2C=C[C@@H]1C2. The van der Waals surface area contributed by atoms with E-state index in [-0.39, 0.29) is 0 Å². The first kappa shape index (κ1) is 6.41. The summed E-state index contributed by atoms with van der Waals surface area (Å²) in [5.41, 5.74) is 0. The molecule has 0 heterocycles. The van der Waals surface area contributed by atoms with E-state index in [0.717, 1.165) is 24.2 Å². The summed E-state index contributed by atoms with van der Waals surface area (Å²) in [4.78, 5) is 0. The average molecular weight is 138 g/mol. The molecule has 0 aliphatic heterocycles. The van der Waals surface area contributed by atoms with Gasteiger partial charge >= 0.3 is 0 Å². The maximum Gasteiger partial charge on any atom is 0.0433 e. The van der Waals surface area contributed by atoms with Gasteiger partial charge in [0.15, 0.2) is 0 Å². The number of hydrogen-bond acceptors (Lipinski definition) is 1. The molecule has 1 saturated carbocycles. The molecular formula is C9H14O. The molecule has 0 saturated heterocycles. The van der Waals surface area contributed by atoms with Crippen molar-refractivity contribution >= 4 is 0 Å². The molecule has 1 N–H and O–H groups in total. The highest BCUT2D eigenvalue weighted by Crippen LogP contribution is 2.44. The van der Waals surface area contributed by atoms with Crippen LogP contribution in [0.4, 0.5) is 0 Å². The molecule has 2 rings (SSSR count). The lowest BCUT2D eigenvalue weighted by Gasteiger charge is -2.15. The fraction of sp³-hybridized carbons (Fsp3) is 0.778. The van der Waals surface area contributed by atoms with E-state index in [2.05, 4.69) is 12.2 Å². The summed E-state index contributed by atoms with van der Waals surface area (Å²) in [6.45, 7) is 0.377. The Morgan fingerprint density at radius 2 is 2.20 bits per heavy atom. The van der Waals surface area contributed by atoms with Gasteiger partial charge in [-0.3, -0.25) is 0 Å². The molecule has 2 aliphatic rings. The van der Waals surface area contributed by atoms with Crippen LogP contribution in [0.1, 0.15) is 19.3 Å². The highest BCUT2D eigenvalue weighted by molar-refractivity contribution is 5.09. The third-order valence-electron chi connectivity index (χ3n) is 2.92. The van der Waals surface area contributed by atoms with Crippen LogP contribution < -0.4 is 0 Å². The van der Waals surface area contributed by atoms with Crippen LogP contribution in [0, 0.1) is 17.8 Å². The molecule has 1 unspecified atom stereocenters. The molecule has 1 heteroatoms. The van der Waals surface area contributed by atoms with E-state index in [4.69, 9.17) is 5.11 Å². The van der Waals surface area contributed by atoms with Gasteiger partial charge in [0.1, 0.15) is 0 Å². The monoisotopic (exact) mass is 138 g/mol. The third kappa shape index (κ3) is 0.891. The largest absolute Gasteiger partial charge is 0.396 e. The summed E-state index contributed by atoms with van der Waals surface area (Å²) in [6.07, 6.45) is 8.41. The van der Waals surface area contributed by atoms with Crippen LogP contribution in [-0.2, 0) is 0 Å². The first-order valence-corrected chi connectivity index (χ1v) is 4.19. The summed E-state index contributed by atoms with van der Waals surface area (Å²) in [5.74, 6) is 2.48. The molecule has 10 heavy (non-hydrogen) atoms. The van der Waals surface area contributed by atoms with Crippen LogP contribution in [0.15, 0.2) is 12.2 Å². The van der Waals surface area contributed by atoms with E-state index >= 15 is 0 Å². The Bertz CT molecular complexity index is 151. The Morgan fingerprint density at radius 1 is 1.30 bits per heavy atom. The zero-order chi connectivity index (χ0) is 6.97. The first-order valence-electron chi connectivity index (χ1n) is 4.19. The number of aliphatic hydroxyl groups excluding tert-OH is 1. The van der Waals surface area contributed by atoms with Crippen molar-refractivity contribution in [3.63, 3.8) is 0 Å². The van der Waals surface area contributed by atoms with Crippen molar-refractivity contribution in [3.8, 4) is 0 Å². The zero-order valence-electron chi connectivity index (χ0n) is 6.16. The van der Waals surface area contributed by atoms with E-state index < -0.39 is 0 Å². The normalized spacial score (nSPS) is 43.1. The first-order chi connectivity index (χ1) is 4.90. The fourth-order valence-corrected chi connectivity index (χ4v) is 2.39. The Balaban J connectivity index is 1.96. The maximum atomic E-state index is 8.73. The fourth-order valence-electron chi connectivity index (χ4n) is 2.39. The van der Waals surface area contributed by atoms with E-state index in [1.165, 1.54) is 12.8 Å². The minimum absolute atomic E-state index is 0.377. The smallest absolute Gasteiger partial charge is 0.0433 e. The highest BCUT2D eigenvalue weighted by atomic mass is 16.3. The van der Waals surface area contributed by atoms with Crippen molar-refractivity contribution in [2.75, 3.05) is 6.61 Å². The minimum Gasteiger partial charge on any atom is -0.396 e. The van der Waals surface area contributed by atoms with Crippen molar-refractivity contribution in [1.29, 1.82) is 0 Å². The maximum absolute atomic E-state index is 8.73. The number of hydrogen-bond donors (Lipinski definition) is 1. The molecule has 0 spiro atoms. The average Bonchev–Trinajstić information content (AvgIpc) is 2.48. The summed E-state index contributed by atoms with van der Waals surface area (Å²) < 4.78 is 0. The quantitative estimate of drug-likeness (QED) is 0.574. The van der Waals surface area contributed by atoms with Crippen LogP contribution in [0.3, 0.4) is 0 Å². The predicted octanol–water partition coefficient (Wildman–Crippen LogP) is 1.58. The van der Waals surface area contributed by atoms with Gasteiger partial charge in [-0.15, -0.1) is 0 Å². The molecule has 56 valence electrons. The van der Waals surface area contributed by atoms with Crippen molar-refractivity contribution in [2.24, 2.45) is 17.8 Å². The van der Waals surface area contributed by atoms with Gasteiger partial charge in [0.2, 0.25) is 0 Å². The summed E-state index contributed by atoms with van der Waals surface area (Å²) >= 11 is 0. The molecule has 1 nitrogen and oxygen atoms in total. The molecule has 1 fully saturated rings. The molecule has 0 aromatic carbocycles. The summed E-state index contributed by atoms with van der Waals surface area (Å²) in [7, 11) is 0. The molecule has 2 aliphatic carbocycles. The second-order valence-corrected chi connectivity index (χ2v) is 3.55. The summed E-state index contributed by atoms with van der Waals surface area (Å²) in [6, 6.07) is 0. The molecule has 3 atom stereocenters. The summed E-state index contributed by atoms with van der Waals surface area (Å²) in [5, 5.41) is 8.73. The van der Waals surface area contributed by atoms with Gasteiger partial charge in [-0.1, -0.05) is 12.2 Å². The van der Waals surface area contributed by atoms with Gasteiger partial charge in [-0.25, -0.2) is 0 Å². The van der Waals surface area contributed by atoms with Crippen LogP contribution in [0.25, 0.3) is 0 Å². The van der Waals surface area contributed by atoms with Crippen LogP contribution in [0.5, 0.6) is 0 Å².